The van der Waals surface area contributed by atoms with Crippen LogP contribution >= 0.6 is 0 Å². The summed E-state index contributed by atoms with van der Waals surface area (Å²) in [7, 11) is 0. The zero-order valence-corrected chi connectivity index (χ0v) is 12.7. The highest BCUT2D eigenvalue weighted by Crippen LogP contribution is 2.14. The maximum Gasteiger partial charge on any atom is 0.312 e. The number of ether oxygens (including phenoxy) is 1. The number of hydrogen-bond acceptors (Lipinski definition) is 3. The van der Waals surface area contributed by atoms with Crippen molar-refractivity contribution in [3.05, 3.63) is 29.8 Å². The number of hydrogen-bond donors (Lipinski definition) is 1. The summed E-state index contributed by atoms with van der Waals surface area (Å²) in [5.74, 6) is 0.121. The number of aryl methyl sites for hydroxylation is 1. The van der Waals surface area contributed by atoms with Crippen molar-refractivity contribution >= 4 is 11.9 Å². The largest absolute Gasteiger partial charge is 0.426 e. The first-order chi connectivity index (χ1) is 9.32. The summed E-state index contributed by atoms with van der Waals surface area (Å²) in [5, 5.41) is 2.72. The number of carbonyl (C=O) groups is 2. The van der Waals surface area contributed by atoms with E-state index in [1.807, 2.05) is 32.9 Å². The van der Waals surface area contributed by atoms with Crippen molar-refractivity contribution in [2.24, 2.45) is 5.41 Å². The van der Waals surface area contributed by atoms with Gasteiger partial charge < -0.3 is 10.1 Å². The van der Waals surface area contributed by atoms with Crippen molar-refractivity contribution in [1.29, 1.82) is 0 Å². The molecule has 0 bridgehead atoms. The molecule has 110 valence electrons. The highest BCUT2D eigenvalue weighted by atomic mass is 16.5. The van der Waals surface area contributed by atoms with Crippen LogP contribution in [0.15, 0.2) is 24.3 Å². The van der Waals surface area contributed by atoms with Crippen LogP contribution in [0.5, 0.6) is 5.75 Å². The van der Waals surface area contributed by atoms with E-state index in [0.717, 1.165) is 6.42 Å². The zero-order valence-electron chi connectivity index (χ0n) is 12.7. The van der Waals surface area contributed by atoms with Crippen LogP contribution in [0.4, 0.5) is 0 Å². The van der Waals surface area contributed by atoms with Crippen molar-refractivity contribution in [3.63, 3.8) is 0 Å². The molecular formula is C16H23NO3. The van der Waals surface area contributed by atoms with Crippen LogP contribution in [0.2, 0.25) is 0 Å². The molecule has 1 N–H and O–H groups in total. The summed E-state index contributed by atoms with van der Waals surface area (Å²) in [6.07, 6.45) is 1.12. The van der Waals surface area contributed by atoms with Crippen LogP contribution in [-0.4, -0.2) is 18.4 Å². The van der Waals surface area contributed by atoms with Gasteiger partial charge in [-0.25, -0.2) is 0 Å². The molecule has 4 nitrogen and oxygen atoms in total. The molecule has 0 spiro atoms. The van der Waals surface area contributed by atoms with E-state index in [2.05, 4.69) is 12.2 Å². The molecule has 0 saturated carbocycles. The third-order valence-electron chi connectivity index (χ3n) is 2.86. The predicted octanol–water partition coefficient (Wildman–Crippen LogP) is 2.71. The fourth-order valence-electron chi connectivity index (χ4n) is 1.52. The van der Waals surface area contributed by atoms with Gasteiger partial charge in [0.15, 0.2) is 0 Å². The Morgan fingerprint density at radius 2 is 1.75 bits per heavy atom. The average molecular weight is 277 g/mol. The monoisotopic (exact) mass is 277 g/mol. The highest BCUT2D eigenvalue weighted by Gasteiger charge is 2.20. The Hall–Kier alpha value is -1.84. The van der Waals surface area contributed by atoms with Crippen LogP contribution in [0.1, 0.15) is 39.7 Å². The Kier molecular flexibility index (Phi) is 5.74. The molecule has 0 heterocycles. The number of carbonyl (C=O) groups excluding carboxylic acids is 2. The van der Waals surface area contributed by atoms with Crippen molar-refractivity contribution in [2.45, 2.75) is 40.5 Å². The quantitative estimate of drug-likeness (QED) is 0.665. The average Bonchev–Trinajstić information content (AvgIpc) is 2.38. The van der Waals surface area contributed by atoms with Gasteiger partial charge in [-0.3, -0.25) is 9.59 Å². The summed E-state index contributed by atoms with van der Waals surface area (Å²) in [6, 6.07) is 7.43. The van der Waals surface area contributed by atoms with E-state index in [9.17, 15) is 9.59 Å². The Morgan fingerprint density at radius 1 is 1.15 bits per heavy atom. The van der Waals surface area contributed by atoms with Gasteiger partial charge in [0.25, 0.3) is 0 Å². The standard InChI is InChI=1S/C16H23NO3/c1-5-12-6-8-13(9-7-12)20-14(18)10-11-17-15(19)16(2,3)4/h6-9H,5,10-11H2,1-4H3,(H,17,19). The van der Waals surface area contributed by atoms with Crippen LogP contribution in [0.3, 0.4) is 0 Å². The summed E-state index contributed by atoms with van der Waals surface area (Å²) in [5.41, 5.74) is 0.752. The van der Waals surface area contributed by atoms with Gasteiger partial charge in [0.2, 0.25) is 5.91 Å². The summed E-state index contributed by atoms with van der Waals surface area (Å²) in [6.45, 7) is 7.85. The third kappa shape index (κ3) is 5.43. The van der Waals surface area contributed by atoms with E-state index in [1.165, 1.54) is 5.56 Å². The van der Waals surface area contributed by atoms with Gasteiger partial charge in [-0.15, -0.1) is 0 Å². The first-order valence-electron chi connectivity index (χ1n) is 6.91. The van der Waals surface area contributed by atoms with Crippen molar-refractivity contribution in [3.8, 4) is 5.75 Å². The fourth-order valence-corrected chi connectivity index (χ4v) is 1.52. The Balaban J connectivity index is 2.35. The second-order valence-corrected chi connectivity index (χ2v) is 5.73. The van der Waals surface area contributed by atoms with Crippen LogP contribution < -0.4 is 10.1 Å². The van der Waals surface area contributed by atoms with E-state index in [0.29, 0.717) is 12.3 Å². The fraction of sp³-hybridized carbons (Fsp3) is 0.500. The zero-order chi connectivity index (χ0) is 15.2. The lowest BCUT2D eigenvalue weighted by molar-refractivity contribution is -0.134. The first kappa shape index (κ1) is 16.2. The minimum atomic E-state index is -0.445. The van der Waals surface area contributed by atoms with Crippen LogP contribution in [0.25, 0.3) is 0 Å². The minimum Gasteiger partial charge on any atom is -0.426 e. The lowest BCUT2D eigenvalue weighted by atomic mass is 9.96. The van der Waals surface area contributed by atoms with Gasteiger partial charge in [-0.05, 0) is 24.1 Å². The van der Waals surface area contributed by atoms with E-state index >= 15 is 0 Å². The topological polar surface area (TPSA) is 55.4 Å². The summed E-state index contributed by atoms with van der Waals surface area (Å²) < 4.78 is 5.19. The molecular weight excluding hydrogens is 254 g/mol. The second-order valence-electron chi connectivity index (χ2n) is 5.73. The van der Waals surface area contributed by atoms with Crippen LogP contribution in [0, 0.1) is 5.41 Å². The minimum absolute atomic E-state index is 0.0717. The summed E-state index contributed by atoms with van der Waals surface area (Å²) in [4.78, 5) is 23.2. The van der Waals surface area contributed by atoms with E-state index in [-0.39, 0.29) is 18.3 Å². The number of amides is 1. The molecule has 1 aromatic rings. The summed E-state index contributed by atoms with van der Waals surface area (Å²) >= 11 is 0. The van der Waals surface area contributed by atoms with Gasteiger partial charge in [-0.1, -0.05) is 39.8 Å². The van der Waals surface area contributed by atoms with E-state index < -0.39 is 5.41 Å². The van der Waals surface area contributed by atoms with E-state index in [1.54, 1.807) is 12.1 Å². The van der Waals surface area contributed by atoms with Crippen LogP contribution in [-0.2, 0) is 16.0 Å². The highest BCUT2D eigenvalue weighted by molar-refractivity contribution is 5.82. The maximum absolute atomic E-state index is 11.6. The number of rotatable bonds is 5. The smallest absolute Gasteiger partial charge is 0.312 e. The Bertz CT molecular complexity index is 458. The molecule has 1 aromatic carbocycles. The molecule has 0 aliphatic carbocycles. The molecule has 0 aliphatic heterocycles. The molecule has 0 aromatic heterocycles. The predicted molar refractivity (Wildman–Crippen MR) is 78.5 cm³/mol. The molecule has 0 unspecified atom stereocenters. The molecule has 0 aliphatic rings. The molecule has 0 radical (unpaired) electrons. The van der Waals surface area contributed by atoms with Gasteiger partial charge in [0, 0.05) is 12.0 Å². The molecule has 4 heteroatoms. The number of esters is 1. The molecule has 1 rings (SSSR count). The van der Waals surface area contributed by atoms with Gasteiger partial charge in [0.1, 0.15) is 5.75 Å². The Morgan fingerprint density at radius 3 is 2.25 bits per heavy atom. The molecule has 0 fully saturated rings. The lowest BCUT2D eigenvalue weighted by Crippen LogP contribution is -2.36. The Labute approximate surface area is 120 Å². The second kappa shape index (κ2) is 7.08. The van der Waals surface area contributed by atoms with Gasteiger partial charge in [-0.2, -0.15) is 0 Å². The molecule has 0 atom stereocenters. The van der Waals surface area contributed by atoms with Gasteiger partial charge in [0.05, 0.1) is 6.42 Å². The molecule has 0 saturated heterocycles. The SMILES string of the molecule is CCc1ccc(OC(=O)CCNC(=O)C(C)(C)C)cc1. The van der Waals surface area contributed by atoms with Crippen molar-refractivity contribution in [2.75, 3.05) is 6.54 Å². The van der Waals surface area contributed by atoms with E-state index in [4.69, 9.17) is 4.74 Å². The normalized spacial score (nSPS) is 11.0. The number of nitrogens with one attached hydrogen (secondary N) is 1. The molecule has 20 heavy (non-hydrogen) atoms. The van der Waals surface area contributed by atoms with Crippen molar-refractivity contribution in [1.82, 2.24) is 5.32 Å². The molecule has 1 amide bonds. The van der Waals surface area contributed by atoms with Gasteiger partial charge >= 0.3 is 5.97 Å². The maximum atomic E-state index is 11.6. The third-order valence-corrected chi connectivity index (χ3v) is 2.86. The number of benzene rings is 1. The van der Waals surface area contributed by atoms with Crippen molar-refractivity contribution < 1.29 is 14.3 Å². The first-order valence-corrected chi connectivity index (χ1v) is 6.91. The lowest BCUT2D eigenvalue weighted by Gasteiger charge is -2.17.